The molecule has 5 nitrogen and oxygen atoms in total. The van der Waals surface area contributed by atoms with E-state index in [1.54, 1.807) is 7.11 Å². The number of fused-ring (bicyclic) bond motifs is 1. The summed E-state index contributed by atoms with van der Waals surface area (Å²) in [6, 6.07) is 7.44. The molecule has 1 saturated heterocycles. The monoisotopic (exact) mass is 263 g/mol. The van der Waals surface area contributed by atoms with Crippen molar-refractivity contribution in [1.29, 1.82) is 0 Å². The fraction of sp³-hybridized carbons (Fsp3) is 0.500. The summed E-state index contributed by atoms with van der Waals surface area (Å²) in [5.41, 5.74) is 0. The van der Waals surface area contributed by atoms with Gasteiger partial charge in [-0.3, -0.25) is 10.1 Å². The maximum Gasteiger partial charge on any atom is 0.309 e. The van der Waals surface area contributed by atoms with Crippen LogP contribution in [0.4, 0.5) is 0 Å². The molecule has 0 aromatic heterocycles. The van der Waals surface area contributed by atoms with Gasteiger partial charge in [0.1, 0.15) is 11.5 Å². The molecule has 2 fully saturated rings. The van der Waals surface area contributed by atoms with E-state index in [9.17, 15) is 4.79 Å². The number of carbonyl (C=O) groups is 1. The Balaban J connectivity index is 1.63. The molecule has 1 heterocycles. The molecular weight excluding hydrogens is 246 g/mol. The van der Waals surface area contributed by atoms with E-state index in [2.05, 4.69) is 5.32 Å². The van der Waals surface area contributed by atoms with Crippen LogP contribution in [-0.4, -0.2) is 33.0 Å². The van der Waals surface area contributed by atoms with Gasteiger partial charge in [0.05, 0.1) is 20.1 Å². The van der Waals surface area contributed by atoms with Gasteiger partial charge in [-0.2, -0.15) is 0 Å². The normalized spacial score (nSPS) is 31.5. The Bertz CT molecular complexity index is 473. The number of nitrogens with one attached hydrogen (secondary N) is 1. The van der Waals surface area contributed by atoms with Crippen molar-refractivity contribution < 1.29 is 19.0 Å². The lowest BCUT2D eigenvalue weighted by atomic mass is 10.2. The van der Waals surface area contributed by atoms with Crippen LogP contribution < -0.4 is 14.8 Å². The second kappa shape index (κ2) is 4.74. The number of hydrogen-bond acceptors (Lipinski definition) is 5. The second-order valence-electron chi connectivity index (χ2n) is 4.91. The van der Waals surface area contributed by atoms with Crippen LogP contribution >= 0.6 is 0 Å². The predicted octanol–water partition coefficient (Wildman–Crippen LogP) is 1.04. The molecule has 1 N–H and O–H groups in total. The zero-order chi connectivity index (χ0) is 13.4. The van der Waals surface area contributed by atoms with E-state index >= 15 is 0 Å². The standard InChI is InChI=1S/C14H17NO4/c1-17-8-3-5-9(6-4-8)19-13-11-10(7-15-13)12(11)14(16)18-2/h3-6,10-13,15H,7H2,1-2H3. The maximum absolute atomic E-state index is 11.5. The lowest BCUT2D eigenvalue weighted by Gasteiger charge is -2.17. The molecular formula is C14H17NO4. The van der Waals surface area contributed by atoms with E-state index in [0.717, 1.165) is 18.0 Å². The van der Waals surface area contributed by atoms with E-state index in [1.807, 2.05) is 24.3 Å². The van der Waals surface area contributed by atoms with Gasteiger partial charge >= 0.3 is 5.97 Å². The Morgan fingerprint density at radius 1 is 1.21 bits per heavy atom. The van der Waals surface area contributed by atoms with E-state index in [0.29, 0.717) is 5.92 Å². The van der Waals surface area contributed by atoms with Crippen LogP contribution in [0, 0.1) is 17.8 Å². The first kappa shape index (κ1) is 12.3. The number of methoxy groups -OCH3 is 2. The van der Waals surface area contributed by atoms with Gasteiger partial charge in [-0.25, -0.2) is 0 Å². The van der Waals surface area contributed by atoms with E-state index in [1.165, 1.54) is 7.11 Å². The molecule has 0 bridgehead atoms. The van der Waals surface area contributed by atoms with Crippen molar-refractivity contribution in [2.45, 2.75) is 6.23 Å². The first-order chi connectivity index (χ1) is 9.24. The van der Waals surface area contributed by atoms with Crippen LogP contribution in [0.15, 0.2) is 24.3 Å². The molecule has 3 rings (SSSR count). The molecule has 1 aromatic rings. The van der Waals surface area contributed by atoms with Gasteiger partial charge in [0.25, 0.3) is 0 Å². The van der Waals surface area contributed by atoms with Crippen molar-refractivity contribution in [2.24, 2.45) is 17.8 Å². The predicted molar refractivity (Wildman–Crippen MR) is 67.9 cm³/mol. The van der Waals surface area contributed by atoms with Gasteiger partial charge in [-0.1, -0.05) is 0 Å². The molecule has 4 atom stereocenters. The number of benzene rings is 1. The minimum Gasteiger partial charge on any atom is -0.497 e. The van der Waals surface area contributed by atoms with Gasteiger partial charge in [0, 0.05) is 12.5 Å². The molecule has 1 aromatic carbocycles. The highest BCUT2D eigenvalue weighted by molar-refractivity contribution is 5.77. The number of piperidine rings is 1. The van der Waals surface area contributed by atoms with Gasteiger partial charge in [-0.05, 0) is 30.2 Å². The van der Waals surface area contributed by atoms with Crippen LogP contribution in [0.1, 0.15) is 0 Å². The van der Waals surface area contributed by atoms with Crippen molar-refractivity contribution in [2.75, 3.05) is 20.8 Å². The van der Waals surface area contributed by atoms with Crippen LogP contribution in [0.5, 0.6) is 11.5 Å². The zero-order valence-corrected chi connectivity index (χ0v) is 11.0. The summed E-state index contributed by atoms with van der Waals surface area (Å²) >= 11 is 0. The fourth-order valence-corrected chi connectivity index (χ4v) is 2.85. The number of ether oxygens (including phenoxy) is 3. The molecule has 0 amide bonds. The van der Waals surface area contributed by atoms with Gasteiger partial charge in [0.15, 0.2) is 6.23 Å². The number of carbonyl (C=O) groups excluding carboxylic acids is 1. The Morgan fingerprint density at radius 2 is 1.89 bits per heavy atom. The minimum absolute atomic E-state index is 0.00509. The number of hydrogen-bond donors (Lipinski definition) is 1. The average Bonchev–Trinajstić information content (AvgIpc) is 3.05. The summed E-state index contributed by atoms with van der Waals surface area (Å²) < 4.78 is 15.8. The number of esters is 1. The molecule has 0 spiro atoms. The maximum atomic E-state index is 11.5. The van der Waals surface area contributed by atoms with Crippen molar-refractivity contribution in [3.05, 3.63) is 24.3 Å². The first-order valence-corrected chi connectivity index (χ1v) is 6.36. The fourth-order valence-electron chi connectivity index (χ4n) is 2.85. The van der Waals surface area contributed by atoms with Crippen LogP contribution in [-0.2, 0) is 9.53 Å². The molecule has 5 heteroatoms. The zero-order valence-electron chi connectivity index (χ0n) is 11.0. The summed E-state index contributed by atoms with van der Waals surface area (Å²) in [5, 5.41) is 3.28. The highest BCUT2D eigenvalue weighted by Crippen LogP contribution is 2.52. The smallest absolute Gasteiger partial charge is 0.309 e. The molecule has 0 radical (unpaired) electrons. The molecule has 1 aliphatic carbocycles. The van der Waals surface area contributed by atoms with Gasteiger partial charge < -0.3 is 14.2 Å². The second-order valence-corrected chi connectivity index (χ2v) is 4.91. The molecule has 19 heavy (non-hydrogen) atoms. The highest BCUT2D eigenvalue weighted by Gasteiger charge is 2.63. The Hall–Kier alpha value is -1.75. The van der Waals surface area contributed by atoms with Crippen molar-refractivity contribution in [3.63, 3.8) is 0 Å². The van der Waals surface area contributed by atoms with Crippen molar-refractivity contribution in [1.82, 2.24) is 5.32 Å². The minimum atomic E-state index is -0.125. The summed E-state index contributed by atoms with van der Waals surface area (Å²) in [6.07, 6.45) is -0.109. The Morgan fingerprint density at radius 3 is 2.53 bits per heavy atom. The van der Waals surface area contributed by atoms with Crippen LogP contribution in [0.2, 0.25) is 0 Å². The third-order valence-corrected chi connectivity index (χ3v) is 3.93. The summed E-state index contributed by atoms with van der Waals surface area (Å²) in [5.74, 6) is 2.03. The third-order valence-electron chi connectivity index (χ3n) is 3.93. The van der Waals surface area contributed by atoms with Crippen LogP contribution in [0.3, 0.4) is 0 Å². The van der Waals surface area contributed by atoms with Gasteiger partial charge in [-0.15, -0.1) is 0 Å². The van der Waals surface area contributed by atoms with Crippen LogP contribution in [0.25, 0.3) is 0 Å². The summed E-state index contributed by atoms with van der Waals surface area (Å²) in [7, 11) is 3.06. The average molecular weight is 263 g/mol. The van der Waals surface area contributed by atoms with E-state index < -0.39 is 0 Å². The molecule has 4 unspecified atom stereocenters. The van der Waals surface area contributed by atoms with Gasteiger partial charge in [0.2, 0.25) is 0 Å². The van der Waals surface area contributed by atoms with Crippen molar-refractivity contribution >= 4 is 5.97 Å². The molecule has 1 saturated carbocycles. The summed E-state index contributed by atoms with van der Waals surface area (Å²) in [4.78, 5) is 11.5. The number of rotatable bonds is 4. The Labute approximate surface area is 111 Å². The molecule has 2 aliphatic rings. The Kier molecular flexibility index (Phi) is 3.06. The summed E-state index contributed by atoms with van der Waals surface area (Å²) in [6.45, 7) is 0.811. The lowest BCUT2D eigenvalue weighted by Crippen LogP contribution is -2.35. The highest BCUT2D eigenvalue weighted by atomic mass is 16.5. The third kappa shape index (κ3) is 2.14. The van der Waals surface area contributed by atoms with E-state index in [-0.39, 0.29) is 24.0 Å². The van der Waals surface area contributed by atoms with Crippen molar-refractivity contribution in [3.8, 4) is 11.5 Å². The SMILES string of the molecule is COC(=O)C1C2CNC(Oc3ccc(OC)cc3)C21. The quantitative estimate of drug-likeness (QED) is 0.823. The topological polar surface area (TPSA) is 56.8 Å². The molecule has 1 aliphatic heterocycles. The first-order valence-electron chi connectivity index (χ1n) is 6.36. The lowest BCUT2D eigenvalue weighted by molar-refractivity contribution is -0.143. The molecule has 102 valence electrons. The largest absolute Gasteiger partial charge is 0.497 e. The van der Waals surface area contributed by atoms with E-state index in [4.69, 9.17) is 14.2 Å².